The first kappa shape index (κ1) is 25.4. The van der Waals surface area contributed by atoms with Crippen LogP contribution in [-0.2, 0) is 46.4 Å². The van der Waals surface area contributed by atoms with E-state index in [2.05, 4.69) is 5.10 Å². The largest absolute Gasteiger partial charge is 0.379 e. The molecule has 9 nitrogen and oxygen atoms in total. The van der Waals surface area contributed by atoms with E-state index in [9.17, 15) is 9.59 Å². The van der Waals surface area contributed by atoms with Gasteiger partial charge in [-0.15, -0.1) is 0 Å². The zero-order valence-corrected chi connectivity index (χ0v) is 17.4. The molecule has 0 N–H and O–H groups in total. The third-order valence-corrected chi connectivity index (χ3v) is 3.73. The van der Waals surface area contributed by atoms with Crippen molar-refractivity contribution in [3.63, 3.8) is 0 Å². The lowest BCUT2D eigenvalue weighted by Crippen LogP contribution is -2.13. The van der Waals surface area contributed by atoms with Gasteiger partial charge in [0, 0.05) is 31.2 Å². The number of carbonyl (C=O) groups is 2. The molecule has 0 aromatic carbocycles. The lowest BCUT2D eigenvalue weighted by molar-refractivity contribution is -0.117. The van der Waals surface area contributed by atoms with Crippen molar-refractivity contribution >= 4 is 12.1 Å². The summed E-state index contributed by atoms with van der Waals surface area (Å²) in [5, 5.41) is 4.27. The van der Waals surface area contributed by atoms with Crippen molar-refractivity contribution in [3.05, 3.63) is 18.0 Å². The fourth-order valence-corrected chi connectivity index (χ4v) is 2.27. The van der Waals surface area contributed by atoms with Gasteiger partial charge in [0.05, 0.1) is 72.2 Å². The summed E-state index contributed by atoms with van der Waals surface area (Å²) < 4.78 is 28.8. The second-order valence-corrected chi connectivity index (χ2v) is 6.37. The smallest absolute Gasteiger partial charge is 0.129 e. The van der Waals surface area contributed by atoms with Gasteiger partial charge in [0.25, 0.3) is 0 Å². The fraction of sp³-hybridized carbons (Fsp3) is 0.750. The maximum Gasteiger partial charge on any atom is 0.129 e. The summed E-state index contributed by atoms with van der Waals surface area (Å²) in [5.74, 6) is 0.189. The molecule has 0 fully saturated rings. The fourth-order valence-electron chi connectivity index (χ4n) is 2.27. The summed E-state index contributed by atoms with van der Waals surface area (Å²) >= 11 is 0. The Balaban J connectivity index is 1.86. The minimum atomic E-state index is 0.189. The molecule has 1 aromatic rings. The van der Waals surface area contributed by atoms with Crippen LogP contribution in [0.2, 0.25) is 0 Å². The number of ketones is 1. The van der Waals surface area contributed by atoms with Gasteiger partial charge in [-0.3, -0.25) is 4.68 Å². The second-order valence-electron chi connectivity index (χ2n) is 6.37. The van der Waals surface area contributed by atoms with Crippen LogP contribution in [0.5, 0.6) is 0 Å². The van der Waals surface area contributed by atoms with E-state index >= 15 is 0 Å². The van der Waals surface area contributed by atoms with E-state index in [1.54, 1.807) is 13.1 Å². The SMILES string of the molecule is CC(=O)CCCOCc1cnn(CCOCCOCCOCCOCCC=O)c1. The number of nitrogens with zero attached hydrogens (tertiary/aromatic N) is 2. The predicted molar refractivity (Wildman–Crippen MR) is 106 cm³/mol. The summed E-state index contributed by atoms with van der Waals surface area (Å²) in [6.07, 6.45) is 6.28. The number of rotatable bonds is 21. The molecular weight excluding hydrogens is 380 g/mol. The van der Waals surface area contributed by atoms with Crippen LogP contribution in [0.1, 0.15) is 31.7 Å². The lowest BCUT2D eigenvalue weighted by atomic mass is 10.2. The normalized spacial score (nSPS) is 11.1. The van der Waals surface area contributed by atoms with Gasteiger partial charge in [0.15, 0.2) is 0 Å². The van der Waals surface area contributed by atoms with Gasteiger partial charge in [-0.25, -0.2) is 0 Å². The molecule has 29 heavy (non-hydrogen) atoms. The monoisotopic (exact) mass is 414 g/mol. The van der Waals surface area contributed by atoms with Crippen LogP contribution in [0, 0.1) is 0 Å². The van der Waals surface area contributed by atoms with Crippen molar-refractivity contribution < 1.29 is 33.3 Å². The van der Waals surface area contributed by atoms with Crippen molar-refractivity contribution in [2.45, 2.75) is 39.3 Å². The molecular formula is C20H34N2O7. The van der Waals surface area contributed by atoms with E-state index in [0.29, 0.717) is 85.5 Å². The molecule has 9 heteroatoms. The second kappa shape index (κ2) is 18.4. The maximum absolute atomic E-state index is 10.8. The zero-order valence-electron chi connectivity index (χ0n) is 17.4. The van der Waals surface area contributed by atoms with Crippen LogP contribution in [-0.4, -0.2) is 81.3 Å². The number of Topliss-reactive ketones (excluding diaryl/α,β-unsaturated/α-hetero) is 1. The maximum atomic E-state index is 10.8. The number of aromatic nitrogens is 2. The Kier molecular flexibility index (Phi) is 16.1. The van der Waals surface area contributed by atoms with Crippen LogP contribution < -0.4 is 0 Å². The van der Waals surface area contributed by atoms with Gasteiger partial charge in [-0.05, 0) is 13.3 Å². The molecule has 0 spiro atoms. The Morgan fingerprint density at radius 2 is 1.55 bits per heavy atom. The van der Waals surface area contributed by atoms with E-state index in [0.717, 1.165) is 18.3 Å². The van der Waals surface area contributed by atoms with Crippen LogP contribution in [0.25, 0.3) is 0 Å². The van der Waals surface area contributed by atoms with Crippen LogP contribution in [0.15, 0.2) is 12.4 Å². The molecule has 0 aliphatic rings. The molecule has 1 rings (SSSR count). The summed E-state index contributed by atoms with van der Waals surface area (Å²) in [5.41, 5.74) is 1.00. The molecule has 0 bridgehead atoms. The van der Waals surface area contributed by atoms with Gasteiger partial charge in [0.1, 0.15) is 12.1 Å². The van der Waals surface area contributed by atoms with Crippen molar-refractivity contribution in [3.8, 4) is 0 Å². The molecule has 166 valence electrons. The summed E-state index contributed by atoms with van der Waals surface area (Å²) in [4.78, 5) is 20.9. The van der Waals surface area contributed by atoms with Crippen LogP contribution >= 0.6 is 0 Å². The Morgan fingerprint density at radius 3 is 2.17 bits per heavy atom. The van der Waals surface area contributed by atoms with Crippen LogP contribution in [0.4, 0.5) is 0 Å². The predicted octanol–water partition coefficient (Wildman–Crippen LogP) is 1.42. The quantitative estimate of drug-likeness (QED) is 0.220. The van der Waals surface area contributed by atoms with Crippen molar-refractivity contribution in [2.24, 2.45) is 0 Å². The van der Waals surface area contributed by atoms with E-state index in [-0.39, 0.29) is 5.78 Å². The third-order valence-electron chi connectivity index (χ3n) is 3.73. The first-order valence-electron chi connectivity index (χ1n) is 10.1. The molecule has 1 heterocycles. The Morgan fingerprint density at radius 1 is 0.931 bits per heavy atom. The van der Waals surface area contributed by atoms with E-state index in [4.69, 9.17) is 23.7 Å². The average Bonchev–Trinajstić information content (AvgIpc) is 3.15. The molecule has 0 atom stereocenters. The summed E-state index contributed by atoms with van der Waals surface area (Å²) in [6.45, 7) is 7.34. The van der Waals surface area contributed by atoms with Gasteiger partial charge in [0.2, 0.25) is 0 Å². The first-order chi connectivity index (χ1) is 14.2. The molecule has 0 aliphatic carbocycles. The minimum absolute atomic E-state index is 0.189. The number of hydrogen-bond acceptors (Lipinski definition) is 8. The van der Waals surface area contributed by atoms with E-state index in [1.165, 1.54) is 0 Å². The summed E-state index contributed by atoms with van der Waals surface area (Å²) in [7, 11) is 0. The highest BCUT2D eigenvalue weighted by Gasteiger charge is 2.00. The molecule has 0 amide bonds. The highest BCUT2D eigenvalue weighted by atomic mass is 16.6. The number of hydrogen-bond donors (Lipinski definition) is 0. The number of aldehydes is 1. The molecule has 1 aromatic heterocycles. The van der Waals surface area contributed by atoms with Crippen molar-refractivity contribution in [2.75, 3.05) is 59.5 Å². The molecule has 0 aliphatic heterocycles. The van der Waals surface area contributed by atoms with E-state index in [1.807, 2.05) is 10.9 Å². The van der Waals surface area contributed by atoms with Crippen molar-refractivity contribution in [1.29, 1.82) is 0 Å². The van der Waals surface area contributed by atoms with Gasteiger partial charge in [-0.1, -0.05) is 0 Å². The van der Waals surface area contributed by atoms with Gasteiger partial charge in [-0.2, -0.15) is 5.10 Å². The summed E-state index contributed by atoms with van der Waals surface area (Å²) in [6, 6.07) is 0. The Labute approximate surface area is 172 Å². The lowest BCUT2D eigenvalue weighted by Gasteiger charge is -2.07. The minimum Gasteiger partial charge on any atom is -0.379 e. The molecule has 0 saturated heterocycles. The third kappa shape index (κ3) is 15.9. The van der Waals surface area contributed by atoms with Crippen molar-refractivity contribution in [1.82, 2.24) is 9.78 Å². The highest BCUT2D eigenvalue weighted by molar-refractivity contribution is 5.75. The molecule has 0 radical (unpaired) electrons. The zero-order chi connectivity index (χ0) is 21.0. The van der Waals surface area contributed by atoms with Crippen LogP contribution in [0.3, 0.4) is 0 Å². The first-order valence-corrected chi connectivity index (χ1v) is 10.1. The molecule has 0 unspecified atom stereocenters. The number of ether oxygens (including phenoxy) is 5. The van der Waals surface area contributed by atoms with Gasteiger partial charge < -0.3 is 33.3 Å². The topological polar surface area (TPSA) is 98.1 Å². The van der Waals surface area contributed by atoms with Gasteiger partial charge >= 0.3 is 0 Å². The molecule has 0 saturated carbocycles. The Hall–Kier alpha value is -1.65. The average molecular weight is 414 g/mol. The highest BCUT2D eigenvalue weighted by Crippen LogP contribution is 2.02. The standard InChI is InChI=1S/C20H34N2O7/c1-19(24)4-2-7-29-18-20-16-21-22(17-20)5-9-26-11-13-28-15-14-27-12-10-25-8-3-6-23/h6,16-17H,2-5,7-15,18H2,1H3. The van der Waals surface area contributed by atoms with E-state index < -0.39 is 0 Å². The number of carbonyl (C=O) groups excluding carboxylic acids is 2. The Bertz CT molecular complexity index is 537.